The lowest BCUT2D eigenvalue weighted by Gasteiger charge is -2.32. The van der Waals surface area contributed by atoms with Crippen LogP contribution in [0.25, 0.3) is 0 Å². The summed E-state index contributed by atoms with van der Waals surface area (Å²) in [4.78, 5) is 12.1. The molecule has 0 aliphatic heterocycles. The lowest BCUT2D eigenvalue weighted by Crippen LogP contribution is -2.42. The second-order valence-electron chi connectivity index (χ2n) is 7.84. The molecular formula is C15H31NO3. The van der Waals surface area contributed by atoms with Crippen molar-refractivity contribution in [3.05, 3.63) is 0 Å². The molecule has 0 bridgehead atoms. The minimum atomic E-state index is -0.598. The van der Waals surface area contributed by atoms with Crippen molar-refractivity contribution in [2.24, 2.45) is 16.6 Å². The van der Waals surface area contributed by atoms with Crippen LogP contribution < -0.4 is 5.73 Å². The summed E-state index contributed by atoms with van der Waals surface area (Å²) >= 11 is 0. The molecule has 114 valence electrons. The van der Waals surface area contributed by atoms with Crippen molar-refractivity contribution in [3.63, 3.8) is 0 Å². The fourth-order valence-corrected chi connectivity index (χ4v) is 2.53. The van der Waals surface area contributed by atoms with Gasteiger partial charge in [0, 0.05) is 11.0 Å². The molecule has 0 aromatic carbocycles. The van der Waals surface area contributed by atoms with Crippen LogP contribution >= 0.6 is 0 Å². The highest BCUT2D eigenvalue weighted by Gasteiger charge is 2.35. The van der Waals surface area contributed by atoms with Crippen LogP contribution in [0.4, 0.5) is 0 Å². The lowest BCUT2D eigenvalue weighted by atomic mass is 9.80. The summed E-state index contributed by atoms with van der Waals surface area (Å²) in [6.07, 6.45) is 0.767. The molecule has 4 heteroatoms. The average molecular weight is 273 g/mol. The normalized spacial score (nSPS) is 15.2. The van der Waals surface area contributed by atoms with E-state index in [0.29, 0.717) is 19.4 Å². The number of aliphatic hydroxyl groups is 1. The SMILES string of the molecule is CC(O)CC(C)(C)COC(=O)C(C)(C)CC(C)(C)N. The summed E-state index contributed by atoms with van der Waals surface area (Å²) in [5.41, 5.74) is 4.74. The zero-order valence-corrected chi connectivity index (χ0v) is 13.5. The fraction of sp³-hybridized carbons (Fsp3) is 0.933. The van der Waals surface area contributed by atoms with Gasteiger partial charge in [-0.3, -0.25) is 4.79 Å². The third-order valence-electron chi connectivity index (χ3n) is 2.89. The smallest absolute Gasteiger partial charge is 0.311 e. The third kappa shape index (κ3) is 8.22. The highest BCUT2D eigenvalue weighted by molar-refractivity contribution is 5.76. The van der Waals surface area contributed by atoms with Crippen LogP contribution in [0.2, 0.25) is 0 Å². The summed E-state index contributed by atoms with van der Waals surface area (Å²) in [7, 11) is 0. The molecule has 0 aromatic heterocycles. The Labute approximate surface area is 117 Å². The van der Waals surface area contributed by atoms with E-state index >= 15 is 0 Å². The van der Waals surface area contributed by atoms with Crippen molar-refractivity contribution >= 4 is 5.97 Å². The van der Waals surface area contributed by atoms with Crippen molar-refractivity contribution in [2.75, 3.05) is 6.61 Å². The number of aliphatic hydroxyl groups excluding tert-OH is 1. The Morgan fingerprint density at radius 2 is 1.68 bits per heavy atom. The van der Waals surface area contributed by atoms with Crippen molar-refractivity contribution in [1.29, 1.82) is 0 Å². The Morgan fingerprint density at radius 3 is 2.05 bits per heavy atom. The number of ether oxygens (including phenoxy) is 1. The summed E-state index contributed by atoms with van der Waals surface area (Å²) in [5, 5.41) is 9.41. The van der Waals surface area contributed by atoms with Gasteiger partial charge in [0.05, 0.1) is 18.1 Å². The summed E-state index contributed by atoms with van der Waals surface area (Å²) in [5.74, 6) is -0.232. The fourth-order valence-electron chi connectivity index (χ4n) is 2.53. The molecule has 0 fully saturated rings. The van der Waals surface area contributed by atoms with Crippen molar-refractivity contribution in [3.8, 4) is 0 Å². The Morgan fingerprint density at radius 1 is 1.21 bits per heavy atom. The van der Waals surface area contributed by atoms with Gasteiger partial charge in [0.2, 0.25) is 0 Å². The Bertz CT molecular complexity index is 301. The van der Waals surface area contributed by atoms with E-state index < -0.39 is 17.1 Å². The minimum Gasteiger partial charge on any atom is -0.465 e. The standard InChI is InChI=1S/C15H31NO3/c1-11(17)8-13(2,3)10-19-12(18)14(4,5)9-15(6,7)16/h11,17H,8-10,16H2,1-7H3. The highest BCUT2D eigenvalue weighted by atomic mass is 16.5. The molecule has 0 amide bonds. The van der Waals surface area contributed by atoms with E-state index in [9.17, 15) is 9.90 Å². The van der Waals surface area contributed by atoms with Crippen LogP contribution in [0.5, 0.6) is 0 Å². The van der Waals surface area contributed by atoms with Crippen molar-refractivity contribution < 1.29 is 14.6 Å². The van der Waals surface area contributed by atoms with E-state index in [1.165, 1.54) is 0 Å². The van der Waals surface area contributed by atoms with Crippen LogP contribution in [0, 0.1) is 10.8 Å². The van der Waals surface area contributed by atoms with Crippen molar-refractivity contribution in [1.82, 2.24) is 0 Å². The van der Waals surface area contributed by atoms with Gasteiger partial charge in [0.1, 0.15) is 0 Å². The molecule has 1 unspecified atom stereocenters. The molecule has 0 radical (unpaired) electrons. The average Bonchev–Trinajstić information content (AvgIpc) is 2.07. The van der Waals surface area contributed by atoms with E-state index in [0.717, 1.165) is 0 Å². The second kappa shape index (κ2) is 6.23. The number of esters is 1. The van der Waals surface area contributed by atoms with Gasteiger partial charge in [-0.1, -0.05) is 13.8 Å². The summed E-state index contributed by atoms with van der Waals surface area (Å²) in [6, 6.07) is 0. The van der Waals surface area contributed by atoms with E-state index in [1.807, 2.05) is 41.5 Å². The molecule has 0 spiro atoms. The Hall–Kier alpha value is -0.610. The number of carbonyl (C=O) groups is 1. The molecule has 3 N–H and O–H groups in total. The summed E-state index contributed by atoms with van der Waals surface area (Å²) < 4.78 is 5.41. The Balaban J connectivity index is 4.46. The number of nitrogens with two attached hydrogens (primary N) is 1. The largest absolute Gasteiger partial charge is 0.465 e. The molecule has 1 atom stereocenters. The zero-order chi connectivity index (χ0) is 15.5. The molecule has 0 aromatic rings. The molecule has 4 nitrogen and oxygen atoms in total. The minimum absolute atomic E-state index is 0.224. The number of carbonyl (C=O) groups excluding carboxylic acids is 1. The predicted molar refractivity (Wildman–Crippen MR) is 77.7 cm³/mol. The number of hydrogen-bond acceptors (Lipinski definition) is 4. The molecule has 19 heavy (non-hydrogen) atoms. The molecular weight excluding hydrogens is 242 g/mol. The van der Waals surface area contributed by atoms with E-state index in [1.54, 1.807) is 6.92 Å². The lowest BCUT2D eigenvalue weighted by molar-refractivity contribution is -0.158. The number of hydrogen-bond donors (Lipinski definition) is 2. The maximum Gasteiger partial charge on any atom is 0.311 e. The molecule has 0 saturated heterocycles. The van der Waals surface area contributed by atoms with E-state index in [-0.39, 0.29) is 11.4 Å². The van der Waals surface area contributed by atoms with E-state index in [4.69, 9.17) is 10.5 Å². The molecule has 0 rings (SSSR count). The Kier molecular flexibility index (Phi) is 6.03. The van der Waals surface area contributed by atoms with Gasteiger partial charge in [-0.2, -0.15) is 0 Å². The molecule has 0 aliphatic carbocycles. The topological polar surface area (TPSA) is 72.5 Å². The maximum atomic E-state index is 12.1. The molecule has 0 aliphatic rings. The van der Waals surface area contributed by atoms with Gasteiger partial charge in [-0.25, -0.2) is 0 Å². The van der Waals surface area contributed by atoms with Crippen molar-refractivity contribution in [2.45, 2.75) is 73.0 Å². The first-order chi connectivity index (χ1) is 8.25. The second-order valence-corrected chi connectivity index (χ2v) is 7.84. The van der Waals surface area contributed by atoms with Crippen LogP contribution in [-0.4, -0.2) is 29.3 Å². The van der Waals surface area contributed by atoms with Crippen LogP contribution in [0.15, 0.2) is 0 Å². The van der Waals surface area contributed by atoms with E-state index in [2.05, 4.69) is 0 Å². The van der Waals surface area contributed by atoms with Gasteiger partial charge in [-0.15, -0.1) is 0 Å². The van der Waals surface area contributed by atoms with Gasteiger partial charge in [0.15, 0.2) is 0 Å². The summed E-state index contributed by atoms with van der Waals surface area (Å²) in [6.45, 7) is 13.5. The van der Waals surface area contributed by atoms with Gasteiger partial charge in [0.25, 0.3) is 0 Å². The van der Waals surface area contributed by atoms with Crippen LogP contribution in [-0.2, 0) is 9.53 Å². The third-order valence-corrected chi connectivity index (χ3v) is 2.89. The number of rotatable bonds is 7. The van der Waals surface area contributed by atoms with Crippen LogP contribution in [0.1, 0.15) is 61.3 Å². The quantitative estimate of drug-likeness (QED) is 0.699. The first-order valence-electron chi connectivity index (χ1n) is 6.89. The first-order valence-corrected chi connectivity index (χ1v) is 6.89. The van der Waals surface area contributed by atoms with Crippen LogP contribution in [0.3, 0.4) is 0 Å². The van der Waals surface area contributed by atoms with Gasteiger partial charge < -0.3 is 15.6 Å². The highest BCUT2D eigenvalue weighted by Crippen LogP contribution is 2.30. The molecule has 0 heterocycles. The van der Waals surface area contributed by atoms with Gasteiger partial charge >= 0.3 is 5.97 Å². The monoisotopic (exact) mass is 273 g/mol. The first kappa shape index (κ1) is 18.4. The molecule has 0 saturated carbocycles. The maximum absolute atomic E-state index is 12.1. The predicted octanol–water partition coefficient (Wildman–Crippen LogP) is 2.48. The van der Waals surface area contributed by atoms with Gasteiger partial charge in [-0.05, 0) is 47.5 Å². The zero-order valence-electron chi connectivity index (χ0n) is 13.5.